The summed E-state index contributed by atoms with van der Waals surface area (Å²) in [5.41, 5.74) is 0. The van der Waals surface area contributed by atoms with Crippen molar-refractivity contribution in [3.8, 4) is 0 Å². The lowest BCUT2D eigenvalue weighted by Crippen LogP contribution is -2.23. The van der Waals surface area contributed by atoms with Crippen LogP contribution in [-0.4, -0.2) is 19.5 Å². The topological polar surface area (TPSA) is 12.0 Å². The van der Waals surface area contributed by atoms with E-state index in [1.807, 2.05) is 0 Å². The molecule has 0 heterocycles. The Morgan fingerprint density at radius 2 is 1.92 bits per heavy atom. The lowest BCUT2D eigenvalue weighted by molar-refractivity contribution is 0.145. The van der Waals surface area contributed by atoms with Crippen LogP contribution in [0.15, 0.2) is 0 Å². The molecular formula is C9H17F2N. The second kappa shape index (κ2) is 5.46. The molecule has 1 aliphatic carbocycles. The number of rotatable bonds is 5. The van der Waals surface area contributed by atoms with Gasteiger partial charge in [0.1, 0.15) is 0 Å². The molecule has 1 N–H and O–H groups in total. The van der Waals surface area contributed by atoms with Gasteiger partial charge in [-0.1, -0.05) is 25.7 Å². The lowest BCUT2D eigenvalue weighted by atomic mass is 10.0. The van der Waals surface area contributed by atoms with Gasteiger partial charge in [0.05, 0.1) is 6.54 Å². The SMILES string of the molecule is FC(F)CNCCC1CCCC1. The summed E-state index contributed by atoms with van der Waals surface area (Å²) >= 11 is 0. The molecule has 0 aliphatic heterocycles. The van der Waals surface area contributed by atoms with Crippen molar-refractivity contribution in [2.75, 3.05) is 13.1 Å². The van der Waals surface area contributed by atoms with E-state index < -0.39 is 6.43 Å². The number of hydrogen-bond acceptors (Lipinski definition) is 1. The average molecular weight is 177 g/mol. The highest BCUT2D eigenvalue weighted by Crippen LogP contribution is 2.26. The highest BCUT2D eigenvalue weighted by molar-refractivity contribution is 4.68. The Labute approximate surface area is 72.5 Å². The number of hydrogen-bond donors (Lipinski definition) is 1. The monoisotopic (exact) mass is 177 g/mol. The van der Waals surface area contributed by atoms with Crippen LogP contribution >= 0.6 is 0 Å². The molecule has 0 amide bonds. The van der Waals surface area contributed by atoms with Crippen LogP contribution in [-0.2, 0) is 0 Å². The molecule has 0 aromatic carbocycles. The molecule has 0 spiro atoms. The summed E-state index contributed by atoms with van der Waals surface area (Å²) in [6, 6.07) is 0. The zero-order valence-corrected chi connectivity index (χ0v) is 7.36. The van der Waals surface area contributed by atoms with Crippen LogP contribution in [0.1, 0.15) is 32.1 Å². The highest BCUT2D eigenvalue weighted by atomic mass is 19.3. The molecule has 0 aromatic rings. The number of nitrogens with one attached hydrogen (secondary N) is 1. The summed E-state index contributed by atoms with van der Waals surface area (Å²) in [5, 5.41) is 2.76. The Hall–Kier alpha value is -0.180. The van der Waals surface area contributed by atoms with E-state index in [9.17, 15) is 8.78 Å². The van der Waals surface area contributed by atoms with Crippen LogP contribution in [0.3, 0.4) is 0 Å². The highest BCUT2D eigenvalue weighted by Gasteiger charge is 2.14. The van der Waals surface area contributed by atoms with Gasteiger partial charge in [-0.2, -0.15) is 0 Å². The fourth-order valence-corrected chi connectivity index (χ4v) is 1.82. The molecule has 12 heavy (non-hydrogen) atoms. The quantitative estimate of drug-likeness (QED) is 0.636. The Balaban J connectivity index is 1.88. The Morgan fingerprint density at radius 3 is 2.50 bits per heavy atom. The molecule has 3 heteroatoms. The first kappa shape index (κ1) is 9.90. The van der Waals surface area contributed by atoms with Crippen molar-refractivity contribution in [3.63, 3.8) is 0 Å². The van der Waals surface area contributed by atoms with Gasteiger partial charge >= 0.3 is 0 Å². The fraction of sp³-hybridized carbons (Fsp3) is 1.00. The first-order valence-electron chi connectivity index (χ1n) is 4.78. The molecule has 1 nitrogen and oxygen atoms in total. The second-order valence-corrected chi connectivity index (χ2v) is 3.53. The molecule has 72 valence electrons. The summed E-state index contributed by atoms with van der Waals surface area (Å²) in [4.78, 5) is 0. The third-order valence-electron chi connectivity index (χ3n) is 2.50. The van der Waals surface area contributed by atoms with E-state index in [-0.39, 0.29) is 6.54 Å². The van der Waals surface area contributed by atoms with Crippen molar-refractivity contribution in [3.05, 3.63) is 0 Å². The van der Waals surface area contributed by atoms with Crippen LogP contribution in [0.4, 0.5) is 8.78 Å². The van der Waals surface area contributed by atoms with Gasteiger partial charge in [0.2, 0.25) is 0 Å². The Kier molecular flexibility index (Phi) is 4.51. The molecule has 1 aliphatic rings. The molecule has 0 unspecified atom stereocenters. The first-order chi connectivity index (χ1) is 5.79. The fourth-order valence-electron chi connectivity index (χ4n) is 1.82. The van der Waals surface area contributed by atoms with Crippen LogP contribution in [0.25, 0.3) is 0 Å². The third kappa shape index (κ3) is 4.00. The van der Waals surface area contributed by atoms with Crippen LogP contribution in [0.5, 0.6) is 0 Å². The van der Waals surface area contributed by atoms with Gasteiger partial charge in [-0.15, -0.1) is 0 Å². The van der Waals surface area contributed by atoms with Crippen molar-refractivity contribution in [1.82, 2.24) is 5.32 Å². The Morgan fingerprint density at radius 1 is 1.25 bits per heavy atom. The molecule has 0 radical (unpaired) electrons. The number of alkyl halides is 2. The minimum absolute atomic E-state index is 0.146. The normalized spacial score (nSPS) is 19.2. The lowest BCUT2D eigenvalue weighted by Gasteiger charge is -2.08. The van der Waals surface area contributed by atoms with E-state index in [0.29, 0.717) is 0 Å². The molecule has 1 saturated carbocycles. The van der Waals surface area contributed by atoms with E-state index in [2.05, 4.69) is 5.32 Å². The zero-order chi connectivity index (χ0) is 8.81. The van der Waals surface area contributed by atoms with Gasteiger partial charge < -0.3 is 5.32 Å². The van der Waals surface area contributed by atoms with E-state index in [1.165, 1.54) is 25.7 Å². The van der Waals surface area contributed by atoms with Crippen molar-refractivity contribution in [2.45, 2.75) is 38.5 Å². The van der Waals surface area contributed by atoms with Crippen LogP contribution in [0, 0.1) is 5.92 Å². The molecule has 0 aromatic heterocycles. The molecule has 1 fully saturated rings. The van der Waals surface area contributed by atoms with Crippen molar-refractivity contribution in [2.24, 2.45) is 5.92 Å². The standard InChI is InChI=1S/C9H17F2N/c10-9(11)7-12-6-5-8-3-1-2-4-8/h8-9,12H,1-7H2. The Bertz CT molecular complexity index is 111. The minimum atomic E-state index is -2.20. The smallest absolute Gasteiger partial charge is 0.250 e. The summed E-state index contributed by atoms with van der Waals surface area (Å²) in [5.74, 6) is 0.801. The summed E-state index contributed by atoms with van der Waals surface area (Å²) in [7, 11) is 0. The third-order valence-corrected chi connectivity index (χ3v) is 2.50. The molecule has 0 atom stereocenters. The number of halogens is 2. The van der Waals surface area contributed by atoms with E-state index in [0.717, 1.165) is 18.9 Å². The molecule has 1 rings (SSSR count). The predicted molar refractivity (Wildman–Crippen MR) is 45.4 cm³/mol. The van der Waals surface area contributed by atoms with Crippen molar-refractivity contribution >= 4 is 0 Å². The molecular weight excluding hydrogens is 160 g/mol. The zero-order valence-electron chi connectivity index (χ0n) is 7.36. The van der Waals surface area contributed by atoms with E-state index >= 15 is 0 Å². The van der Waals surface area contributed by atoms with Gasteiger partial charge in [0, 0.05) is 0 Å². The van der Waals surface area contributed by atoms with Crippen molar-refractivity contribution in [1.29, 1.82) is 0 Å². The average Bonchev–Trinajstić information content (AvgIpc) is 2.49. The van der Waals surface area contributed by atoms with E-state index in [1.54, 1.807) is 0 Å². The van der Waals surface area contributed by atoms with Gasteiger partial charge in [-0.25, -0.2) is 8.78 Å². The van der Waals surface area contributed by atoms with E-state index in [4.69, 9.17) is 0 Å². The summed E-state index contributed by atoms with van der Waals surface area (Å²) in [6.07, 6.45) is 4.15. The van der Waals surface area contributed by atoms with Crippen LogP contribution in [0.2, 0.25) is 0 Å². The van der Waals surface area contributed by atoms with Crippen molar-refractivity contribution < 1.29 is 8.78 Å². The maximum Gasteiger partial charge on any atom is 0.250 e. The van der Waals surface area contributed by atoms with Gasteiger partial charge in [0.25, 0.3) is 6.43 Å². The molecule has 0 saturated heterocycles. The largest absolute Gasteiger partial charge is 0.311 e. The van der Waals surface area contributed by atoms with Crippen LogP contribution < -0.4 is 5.32 Å². The van der Waals surface area contributed by atoms with Gasteiger partial charge in [-0.05, 0) is 18.9 Å². The first-order valence-corrected chi connectivity index (χ1v) is 4.78. The predicted octanol–water partition coefficient (Wildman–Crippen LogP) is 2.42. The van der Waals surface area contributed by atoms with Gasteiger partial charge in [-0.3, -0.25) is 0 Å². The second-order valence-electron chi connectivity index (χ2n) is 3.53. The minimum Gasteiger partial charge on any atom is -0.311 e. The summed E-state index contributed by atoms with van der Waals surface area (Å²) < 4.78 is 23.3. The summed E-state index contributed by atoms with van der Waals surface area (Å²) in [6.45, 7) is 0.613. The molecule has 0 bridgehead atoms. The van der Waals surface area contributed by atoms with Gasteiger partial charge in [0.15, 0.2) is 0 Å². The maximum absolute atomic E-state index is 11.7. The maximum atomic E-state index is 11.7.